The molecule has 0 saturated carbocycles. The molecule has 0 radical (unpaired) electrons. The fraction of sp³-hybridized carbons (Fsp3) is 0.200. The van der Waals surface area contributed by atoms with Crippen LogP contribution in [0.25, 0.3) is 0 Å². The molecule has 0 fully saturated rings. The molecule has 0 atom stereocenters. The van der Waals surface area contributed by atoms with Crippen LogP contribution in [0.3, 0.4) is 0 Å². The maximum absolute atomic E-state index is 12.5. The molecule has 2 heterocycles. The number of amides is 1. The van der Waals surface area contributed by atoms with E-state index in [1.807, 2.05) is 35.2 Å². The minimum Gasteiger partial charge on any atom is -0.497 e. The standard InChI is InChI=1S/C20H19N5O4/c1-29-16-9-7-14(8-10-16)21-17(26)13-25-19(28)18(27)24-12-11-23(20(24)22-25)15-5-3-2-4-6-15/h2-10H,11-13H2,1H3,(H,21,26). The van der Waals surface area contributed by atoms with Gasteiger partial charge in [0.25, 0.3) is 0 Å². The van der Waals surface area contributed by atoms with E-state index in [9.17, 15) is 14.4 Å². The zero-order valence-electron chi connectivity index (χ0n) is 15.7. The van der Waals surface area contributed by atoms with E-state index < -0.39 is 17.0 Å². The minimum atomic E-state index is -0.825. The molecule has 2 aromatic carbocycles. The summed E-state index contributed by atoms with van der Waals surface area (Å²) in [6, 6.07) is 16.2. The van der Waals surface area contributed by atoms with Crippen molar-refractivity contribution in [3.8, 4) is 5.75 Å². The number of methoxy groups -OCH3 is 1. The van der Waals surface area contributed by atoms with Crippen LogP contribution in [0, 0.1) is 0 Å². The lowest BCUT2D eigenvalue weighted by Gasteiger charge is -2.17. The molecule has 1 amide bonds. The average Bonchev–Trinajstić information content (AvgIpc) is 3.17. The van der Waals surface area contributed by atoms with Gasteiger partial charge < -0.3 is 15.0 Å². The summed E-state index contributed by atoms with van der Waals surface area (Å²) in [7, 11) is 1.55. The lowest BCUT2D eigenvalue weighted by Crippen LogP contribution is -2.44. The number of carbonyl (C=O) groups is 1. The van der Waals surface area contributed by atoms with Crippen LogP contribution in [0.4, 0.5) is 17.3 Å². The maximum Gasteiger partial charge on any atom is 0.333 e. The van der Waals surface area contributed by atoms with Crippen molar-refractivity contribution >= 4 is 23.2 Å². The Balaban J connectivity index is 1.59. The van der Waals surface area contributed by atoms with Crippen LogP contribution in [-0.2, 0) is 17.9 Å². The number of ether oxygens (including phenoxy) is 1. The second kappa shape index (κ2) is 7.63. The van der Waals surface area contributed by atoms with E-state index >= 15 is 0 Å². The molecule has 3 aromatic rings. The van der Waals surface area contributed by atoms with Gasteiger partial charge in [0, 0.05) is 24.5 Å². The molecule has 1 N–H and O–H groups in total. The third-order valence-corrected chi connectivity index (χ3v) is 4.64. The first kappa shape index (κ1) is 18.5. The highest BCUT2D eigenvalue weighted by molar-refractivity contribution is 5.90. The lowest BCUT2D eigenvalue weighted by atomic mass is 10.3. The van der Waals surface area contributed by atoms with Crippen LogP contribution in [0.15, 0.2) is 64.2 Å². The largest absolute Gasteiger partial charge is 0.497 e. The van der Waals surface area contributed by atoms with E-state index in [4.69, 9.17) is 4.74 Å². The minimum absolute atomic E-state index is 0.345. The molecule has 1 aliphatic heterocycles. The van der Waals surface area contributed by atoms with Crippen molar-refractivity contribution in [2.45, 2.75) is 13.1 Å². The Labute approximate surface area is 165 Å². The molecule has 0 saturated heterocycles. The van der Waals surface area contributed by atoms with Crippen LogP contribution < -0.4 is 26.1 Å². The summed E-state index contributed by atoms with van der Waals surface area (Å²) < 4.78 is 7.33. The Morgan fingerprint density at radius 1 is 1.03 bits per heavy atom. The number of fused-ring (bicyclic) bond motifs is 1. The molecular formula is C20H19N5O4. The molecule has 0 bridgehead atoms. The number of hydrogen-bond donors (Lipinski definition) is 1. The third-order valence-electron chi connectivity index (χ3n) is 4.64. The van der Waals surface area contributed by atoms with Crippen LogP contribution in [0.1, 0.15) is 0 Å². The van der Waals surface area contributed by atoms with Gasteiger partial charge in [-0.15, -0.1) is 5.10 Å². The van der Waals surface area contributed by atoms with Gasteiger partial charge in [-0.1, -0.05) is 18.2 Å². The number of anilines is 3. The summed E-state index contributed by atoms with van der Waals surface area (Å²) in [4.78, 5) is 39.1. The van der Waals surface area contributed by atoms with Crippen molar-refractivity contribution in [1.82, 2.24) is 14.3 Å². The van der Waals surface area contributed by atoms with Gasteiger partial charge in [-0.2, -0.15) is 0 Å². The van der Waals surface area contributed by atoms with E-state index in [1.165, 1.54) is 4.57 Å². The second-order valence-electron chi connectivity index (χ2n) is 6.48. The molecule has 4 rings (SSSR count). The highest BCUT2D eigenvalue weighted by atomic mass is 16.5. The number of aromatic nitrogens is 3. The summed E-state index contributed by atoms with van der Waals surface area (Å²) in [5.41, 5.74) is -0.106. The number of para-hydroxylation sites is 1. The van der Waals surface area contributed by atoms with Crippen molar-refractivity contribution in [3.63, 3.8) is 0 Å². The molecule has 1 aliphatic rings. The molecule has 1 aromatic heterocycles. The zero-order chi connectivity index (χ0) is 20.4. The highest BCUT2D eigenvalue weighted by Gasteiger charge is 2.26. The van der Waals surface area contributed by atoms with Crippen molar-refractivity contribution in [2.24, 2.45) is 0 Å². The van der Waals surface area contributed by atoms with Crippen LogP contribution in [0.2, 0.25) is 0 Å². The van der Waals surface area contributed by atoms with Gasteiger partial charge in [0.05, 0.1) is 7.11 Å². The normalized spacial score (nSPS) is 12.5. The summed E-state index contributed by atoms with van der Waals surface area (Å²) in [6.07, 6.45) is 0. The molecule has 148 valence electrons. The smallest absolute Gasteiger partial charge is 0.333 e. The van der Waals surface area contributed by atoms with Crippen LogP contribution in [-0.4, -0.2) is 33.9 Å². The molecule has 0 aliphatic carbocycles. The predicted octanol–water partition coefficient (Wildman–Crippen LogP) is 1.20. The Hall–Kier alpha value is -3.88. The van der Waals surface area contributed by atoms with Gasteiger partial charge in [0.15, 0.2) is 0 Å². The molecule has 29 heavy (non-hydrogen) atoms. The molecule has 0 spiro atoms. The van der Waals surface area contributed by atoms with Gasteiger partial charge in [-0.3, -0.25) is 19.0 Å². The van der Waals surface area contributed by atoms with Gasteiger partial charge in [0.2, 0.25) is 11.9 Å². The SMILES string of the molecule is COc1ccc(NC(=O)Cn2nc3n(c(=O)c2=O)CCN3c2ccccc2)cc1. The third kappa shape index (κ3) is 3.62. The molecule has 0 unspecified atom stereocenters. The molecular weight excluding hydrogens is 374 g/mol. The number of nitrogens with zero attached hydrogens (tertiary/aromatic N) is 4. The summed E-state index contributed by atoms with van der Waals surface area (Å²) >= 11 is 0. The van der Waals surface area contributed by atoms with Crippen LogP contribution in [0.5, 0.6) is 5.75 Å². The van der Waals surface area contributed by atoms with Gasteiger partial charge >= 0.3 is 11.1 Å². The number of rotatable bonds is 5. The van der Waals surface area contributed by atoms with Crippen molar-refractivity contribution in [3.05, 3.63) is 75.3 Å². The summed E-state index contributed by atoms with van der Waals surface area (Å²) in [5.74, 6) is 0.546. The summed E-state index contributed by atoms with van der Waals surface area (Å²) in [6.45, 7) is 0.522. The van der Waals surface area contributed by atoms with Crippen molar-refractivity contribution in [2.75, 3.05) is 23.9 Å². The van der Waals surface area contributed by atoms with E-state index in [1.54, 1.807) is 31.4 Å². The highest BCUT2D eigenvalue weighted by Crippen LogP contribution is 2.25. The second-order valence-corrected chi connectivity index (χ2v) is 6.48. The molecule has 9 heteroatoms. The van der Waals surface area contributed by atoms with Gasteiger partial charge in [0.1, 0.15) is 12.3 Å². The topological polar surface area (TPSA) is 98.5 Å². The fourth-order valence-electron chi connectivity index (χ4n) is 3.20. The maximum atomic E-state index is 12.5. The van der Waals surface area contributed by atoms with Gasteiger partial charge in [-0.25, -0.2) is 4.68 Å². The van der Waals surface area contributed by atoms with E-state index in [0.29, 0.717) is 30.5 Å². The Bertz CT molecular complexity index is 1150. The Kier molecular flexibility index (Phi) is 4.86. The monoisotopic (exact) mass is 393 g/mol. The lowest BCUT2D eigenvalue weighted by molar-refractivity contribution is -0.117. The number of nitrogens with one attached hydrogen (secondary N) is 1. The van der Waals surface area contributed by atoms with Crippen molar-refractivity contribution < 1.29 is 9.53 Å². The predicted molar refractivity (Wildman–Crippen MR) is 108 cm³/mol. The van der Waals surface area contributed by atoms with Gasteiger partial charge in [-0.05, 0) is 36.4 Å². The zero-order valence-corrected chi connectivity index (χ0v) is 15.7. The Morgan fingerprint density at radius 3 is 2.45 bits per heavy atom. The first-order valence-corrected chi connectivity index (χ1v) is 9.05. The fourth-order valence-corrected chi connectivity index (χ4v) is 3.20. The quantitative estimate of drug-likeness (QED) is 0.654. The first-order valence-electron chi connectivity index (χ1n) is 9.05. The van der Waals surface area contributed by atoms with E-state index in [0.717, 1.165) is 10.4 Å². The Morgan fingerprint density at radius 2 is 1.76 bits per heavy atom. The van der Waals surface area contributed by atoms with E-state index in [2.05, 4.69) is 10.4 Å². The summed E-state index contributed by atoms with van der Waals surface area (Å²) in [5, 5.41) is 6.98. The first-order chi connectivity index (χ1) is 14.1. The van der Waals surface area contributed by atoms with Crippen molar-refractivity contribution in [1.29, 1.82) is 0 Å². The van der Waals surface area contributed by atoms with Crippen LogP contribution >= 0.6 is 0 Å². The number of hydrogen-bond acceptors (Lipinski definition) is 6. The average molecular weight is 393 g/mol. The van der Waals surface area contributed by atoms with E-state index in [-0.39, 0.29) is 6.54 Å². The number of carbonyl (C=O) groups excluding carboxylic acids is 1. The molecule has 9 nitrogen and oxygen atoms in total. The number of benzene rings is 2.